The summed E-state index contributed by atoms with van der Waals surface area (Å²) in [4.78, 5) is 0. The van der Waals surface area contributed by atoms with Crippen LogP contribution in [0.1, 0.15) is 16.7 Å². The number of hydrogen-bond acceptors (Lipinski definition) is 5. The van der Waals surface area contributed by atoms with E-state index in [-0.39, 0.29) is 5.75 Å². The Morgan fingerprint density at radius 2 is 1.82 bits per heavy atom. The largest absolute Gasteiger partial charge is 0.508 e. The van der Waals surface area contributed by atoms with E-state index < -0.39 is 0 Å². The van der Waals surface area contributed by atoms with E-state index >= 15 is 0 Å². The van der Waals surface area contributed by atoms with Gasteiger partial charge in [0.05, 0.1) is 7.11 Å². The maximum atomic E-state index is 9.97. The molecule has 5 heteroatoms. The molecular formula is C17H18N2O3. The Balaban J connectivity index is 2.03. The van der Waals surface area contributed by atoms with Gasteiger partial charge in [-0.25, -0.2) is 0 Å². The number of phenols is 1. The second-order valence-electron chi connectivity index (χ2n) is 5.25. The number of anilines is 1. The summed E-state index contributed by atoms with van der Waals surface area (Å²) in [7, 11) is 3.46. The lowest BCUT2D eigenvalue weighted by Crippen LogP contribution is -2.25. The van der Waals surface area contributed by atoms with Gasteiger partial charge in [0.15, 0.2) is 5.75 Å². The molecule has 2 aromatic carbocycles. The topological polar surface area (TPSA) is 54.3 Å². The lowest BCUT2D eigenvalue weighted by molar-refractivity contribution is 0.414. The van der Waals surface area contributed by atoms with Crippen LogP contribution in [0.4, 0.5) is 5.69 Å². The zero-order valence-corrected chi connectivity index (χ0v) is 13.0. The molecule has 0 fully saturated rings. The molecule has 0 aliphatic carbocycles. The fourth-order valence-corrected chi connectivity index (χ4v) is 2.38. The van der Waals surface area contributed by atoms with Crippen LogP contribution in [-0.2, 0) is 0 Å². The molecular weight excluding hydrogens is 280 g/mol. The minimum absolute atomic E-state index is 0.245. The van der Waals surface area contributed by atoms with Crippen molar-refractivity contribution < 1.29 is 14.6 Å². The van der Waals surface area contributed by atoms with Crippen molar-refractivity contribution in [2.75, 3.05) is 19.2 Å². The molecule has 0 aromatic heterocycles. The summed E-state index contributed by atoms with van der Waals surface area (Å²) in [6.07, 6.45) is 0. The zero-order chi connectivity index (χ0) is 15.9. The Bertz CT molecular complexity index is 751. The van der Waals surface area contributed by atoms with Crippen LogP contribution in [0.5, 0.6) is 17.2 Å². The Morgan fingerprint density at radius 1 is 1.14 bits per heavy atom. The number of aromatic hydroxyl groups is 1. The highest BCUT2D eigenvalue weighted by Crippen LogP contribution is 2.41. The highest BCUT2D eigenvalue weighted by Gasteiger charge is 2.24. The number of benzene rings is 2. The third-order valence-electron chi connectivity index (χ3n) is 3.92. The first-order valence-electron chi connectivity index (χ1n) is 6.99. The quantitative estimate of drug-likeness (QED) is 0.925. The highest BCUT2D eigenvalue weighted by atomic mass is 16.5. The molecule has 0 amide bonds. The molecule has 1 N–H and O–H groups in total. The van der Waals surface area contributed by atoms with Gasteiger partial charge in [-0.2, -0.15) is 0 Å². The van der Waals surface area contributed by atoms with E-state index in [1.54, 1.807) is 18.2 Å². The highest BCUT2D eigenvalue weighted by molar-refractivity contribution is 5.98. The van der Waals surface area contributed by atoms with Gasteiger partial charge >= 0.3 is 0 Å². The third-order valence-corrected chi connectivity index (χ3v) is 3.92. The second kappa shape index (κ2) is 5.26. The Kier molecular flexibility index (Phi) is 3.41. The lowest BCUT2D eigenvalue weighted by Gasteiger charge is -2.27. The van der Waals surface area contributed by atoms with E-state index in [2.05, 4.69) is 5.10 Å². The van der Waals surface area contributed by atoms with Crippen LogP contribution in [0, 0.1) is 13.8 Å². The van der Waals surface area contributed by atoms with Crippen molar-refractivity contribution in [2.24, 2.45) is 5.10 Å². The first kappa shape index (κ1) is 14.3. The third kappa shape index (κ3) is 2.24. The van der Waals surface area contributed by atoms with Crippen LogP contribution < -0.4 is 14.5 Å². The van der Waals surface area contributed by atoms with Gasteiger partial charge in [0.2, 0.25) is 5.90 Å². The average molecular weight is 298 g/mol. The summed E-state index contributed by atoms with van der Waals surface area (Å²) < 4.78 is 11.1. The molecule has 0 atom stereocenters. The van der Waals surface area contributed by atoms with E-state index in [0.29, 0.717) is 5.90 Å². The van der Waals surface area contributed by atoms with Crippen LogP contribution in [0.3, 0.4) is 0 Å². The Hall–Kier alpha value is -2.69. The fourth-order valence-electron chi connectivity index (χ4n) is 2.38. The molecule has 2 aromatic rings. The molecule has 3 rings (SSSR count). The maximum Gasteiger partial charge on any atom is 0.244 e. The first-order valence-corrected chi connectivity index (χ1v) is 6.99. The summed E-state index contributed by atoms with van der Waals surface area (Å²) >= 11 is 0. The van der Waals surface area contributed by atoms with Crippen molar-refractivity contribution in [2.45, 2.75) is 13.8 Å². The molecule has 0 radical (unpaired) electrons. The van der Waals surface area contributed by atoms with Crippen molar-refractivity contribution in [3.05, 3.63) is 47.0 Å². The minimum Gasteiger partial charge on any atom is -0.508 e. The van der Waals surface area contributed by atoms with E-state index in [1.165, 1.54) is 0 Å². The molecule has 0 unspecified atom stereocenters. The van der Waals surface area contributed by atoms with Gasteiger partial charge in [0, 0.05) is 24.2 Å². The van der Waals surface area contributed by atoms with Crippen LogP contribution in [-0.4, -0.2) is 25.2 Å². The van der Waals surface area contributed by atoms with Crippen LogP contribution >= 0.6 is 0 Å². The molecule has 22 heavy (non-hydrogen) atoms. The molecule has 114 valence electrons. The monoisotopic (exact) mass is 298 g/mol. The van der Waals surface area contributed by atoms with Crippen LogP contribution in [0.25, 0.3) is 0 Å². The number of hydrazone groups is 1. The number of phenolic OH excluding ortho intramolecular Hbond substituents is 1. The molecule has 1 aliphatic heterocycles. The van der Waals surface area contributed by atoms with Crippen molar-refractivity contribution in [1.82, 2.24) is 0 Å². The Morgan fingerprint density at radius 3 is 2.45 bits per heavy atom. The van der Waals surface area contributed by atoms with Gasteiger partial charge in [0.1, 0.15) is 17.2 Å². The number of fused-ring (bicyclic) bond motifs is 1. The van der Waals surface area contributed by atoms with Crippen molar-refractivity contribution in [3.8, 4) is 17.2 Å². The van der Waals surface area contributed by atoms with Gasteiger partial charge in [-0.3, -0.25) is 5.01 Å². The molecule has 5 nitrogen and oxygen atoms in total. The van der Waals surface area contributed by atoms with Crippen LogP contribution in [0.15, 0.2) is 35.4 Å². The molecule has 0 saturated heterocycles. The van der Waals surface area contributed by atoms with Gasteiger partial charge in [0.25, 0.3) is 0 Å². The summed E-state index contributed by atoms with van der Waals surface area (Å²) in [5.41, 5.74) is 3.33. The van der Waals surface area contributed by atoms with Gasteiger partial charge in [-0.05, 0) is 43.7 Å². The van der Waals surface area contributed by atoms with Crippen LogP contribution in [0.2, 0.25) is 0 Å². The summed E-state index contributed by atoms with van der Waals surface area (Å²) in [5, 5.41) is 16.1. The standard InChI is InChI=1S/C17H18N2O3/c1-10-11(2)16-14(9-15(10)20)19(3)18-17(22-16)12-5-7-13(21-4)8-6-12/h5-9,20H,1-4H3. The van der Waals surface area contributed by atoms with Gasteiger partial charge in [-0.15, -0.1) is 5.10 Å². The maximum absolute atomic E-state index is 9.97. The minimum atomic E-state index is 0.245. The molecule has 1 aliphatic rings. The normalized spacial score (nSPS) is 13.3. The van der Waals surface area contributed by atoms with E-state index in [1.807, 2.05) is 45.2 Å². The van der Waals surface area contributed by atoms with Crippen molar-refractivity contribution >= 4 is 11.6 Å². The average Bonchev–Trinajstić information content (AvgIpc) is 2.54. The molecule has 1 heterocycles. The van der Waals surface area contributed by atoms with Crippen molar-refractivity contribution in [1.29, 1.82) is 0 Å². The smallest absolute Gasteiger partial charge is 0.244 e. The summed E-state index contributed by atoms with van der Waals surface area (Å²) in [6, 6.07) is 9.21. The lowest BCUT2D eigenvalue weighted by atomic mass is 10.1. The van der Waals surface area contributed by atoms with Gasteiger partial charge < -0.3 is 14.6 Å². The number of hydrogen-bond donors (Lipinski definition) is 1. The number of methoxy groups -OCH3 is 1. The van der Waals surface area contributed by atoms with Crippen molar-refractivity contribution in [3.63, 3.8) is 0 Å². The number of nitrogens with zero attached hydrogens (tertiary/aromatic N) is 2. The molecule has 0 saturated carbocycles. The fraction of sp³-hybridized carbons (Fsp3) is 0.235. The van der Waals surface area contributed by atoms with Gasteiger partial charge in [-0.1, -0.05) is 0 Å². The predicted octanol–water partition coefficient (Wildman–Crippen LogP) is 3.21. The Labute approximate surface area is 129 Å². The van der Waals surface area contributed by atoms with E-state index in [9.17, 15) is 5.11 Å². The summed E-state index contributed by atoms with van der Waals surface area (Å²) in [6.45, 7) is 3.80. The SMILES string of the molecule is COc1ccc(C2=NN(C)c3cc(O)c(C)c(C)c3O2)cc1. The predicted molar refractivity (Wildman–Crippen MR) is 86.1 cm³/mol. The number of ether oxygens (including phenoxy) is 2. The second-order valence-corrected chi connectivity index (χ2v) is 5.25. The van der Waals surface area contributed by atoms with E-state index in [4.69, 9.17) is 9.47 Å². The zero-order valence-electron chi connectivity index (χ0n) is 13.0. The molecule has 0 bridgehead atoms. The summed E-state index contributed by atoms with van der Waals surface area (Å²) in [5.74, 6) is 2.27. The number of rotatable bonds is 2. The first-order chi connectivity index (χ1) is 10.5. The molecule has 0 spiro atoms. The van der Waals surface area contributed by atoms with E-state index in [0.717, 1.165) is 33.9 Å².